The maximum atomic E-state index is 10.8. The van der Waals surface area contributed by atoms with Crippen molar-refractivity contribution in [2.75, 3.05) is 0 Å². The van der Waals surface area contributed by atoms with Gasteiger partial charge >= 0.3 is 5.97 Å². The van der Waals surface area contributed by atoms with E-state index in [1.807, 2.05) is 0 Å². The molecule has 1 N–H and O–H groups in total. The molecule has 2 nitrogen and oxygen atoms in total. The Balaban J connectivity index is 3.22. The molecule has 2 heteroatoms. The molecule has 0 aliphatic heterocycles. The van der Waals surface area contributed by atoms with Crippen LogP contribution in [-0.4, -0.2) is 11.1 Å². The minimum absolute atomic E-state index is 0.0368. The lowest BCUT2D eigenvalue weighted by atomic mass is 9.78. The highest BCUT2D eigenvalue weighted by molar-refractivity contribution is 5.67. The molecule has 0 aliphatic carbocycles. The van der Waals surface area contributed by atoms with Gasteiger partial charge < -0.3 is 5.11 Å². The van der Waals surface area contributed by atoms with E-state index in [2.05, 4.69) is 59.7 Å². The summed E-state index contributed by atoms with van der Waals surface area (Å²) in [5.41, 5.74) is 3.88. The highest BCUT2D eigenvalue weighted by Crippen LogP contribution is 2.32. The lowest BCUT2D eigenvalue weighted by Crippen LogP contribution is -2.18. The number of aryl methyl sites for hydroxylation is 1. The van der Waals surface area contributed by atoms with Crippen LogP contribution in [0.1, 0.15) is 64.7 Å². The first-order chi connectivity index (χ1) is 8.51. The predicted molar refractivity (Wildman–Crippen MR) is 79.8 cm³/mol. The van der Waals surface area contributed by atoms with Gasteiger partial charge in [-0.3, -0.25) is 4.79 Å². The zero-order valence-corrected chi connectivity index (χ0v) is 13.0. The second-order valence-corrected chi connectivity index (χ2v) is 7.27. The van der Waals surface area contributed by atoms with E-state index in [9.17, 15) is 4.79 Å². The zero-order valence-electron chi connectivity index (χ0n) is 13.0. The van der Waals surface area contributed by atoms with Crippen molar-refractivity contribution in [2.24, 2.45) is 0 Å². The van der Waals surface area contributed by atoms with Gasteiger partial charge in [0.15, 0.2) is 0 Å². The van der Waals surface area contributed by atoms with Crippen LogP contribution in [0.5, 0.6) is 0 Å². The molecule has 0 radical (unpaired) electrons. The molecular formula is C17H26O2. The number of rotatable bonds is 3. The summed E-state index contributed by atoms with van der Waals surface area (Å²) in [4.78, 5) is 10.8. The van der Waals surface area contributed by atoms with Gasteiger partial charge in [0.1, 0.15) is 0 Å². The van der Waals surface area contributed by atoms with Gasteiger partial charge in [-0.25, -0.2) is 0 Å². The summed E-state index contributed by atoms with van der Waals surface area (Å²) in [6, 6.07) is 6.48. The average molecular weight is 262 g/mol. The smallest absolute Gasteiger partial charge is 0.303 e. The van der Waals surface area contributed by atoms with Crippen LogP contribution >= 0.6 is 0 Å². The van der Waals surface area contributed by atoms with Crippen LogP contribution in [0, 0.1) is 0 Å². The van der Waals surface area contributed by atoms with Gasteiger partial charge in [-0.1, -0.05) is 59.7 Å². The van der Waals surface area contributed by atoms with Crippen LogP contribution in [-0.2, 0) is 22.0 Å². The summed E-state index contributed by atoms with van der Waals surface area (Å²) in [7, 11) is 0. The van der Waals surface area contributed by atoms with Gasteiger partial charge in [-0.2, -0.15) is 0 Å². The molecule has 0 saturated carbocycles. The van der Waals surface area contributed by atoms with Gasteiger partial charge in [-0.15, -0.1) is 0 Å². The number of hydrogen-bond acceptors (Lipinski definition) is 1. The largest absolute Gasteiger partial charge is 0.481 e. The molecule has 0 atom stereocenters. The Labute approximate surface area is 116 Å². The minimum Gasteiger partial charge on any atom is -0.481 e. The summed E-state index contributed by atoms with van der Waals surface area (Å²) in [5, 5.41) is 8.85. The van der Waals surface area contributed by atoms with Crippen LogP contribution < -0.4 is 0 Å². The molecule has 1 aromatic carbocycles. The summed E-state index contributed by atoms with van der Waals surface area (Å²) >= 11 is 0. The summed E-state index contributed by atoms with van der Waals surface area (Å²) in [6.45, 7) is 13.1. The molecule has 0 saturated heterocycles. The Morgan fingerprint density at radius 3 is 2.05 bits per heavy atom. The van der Waals surface area contributed by atoms with E-state index in [1.54, 1.807) is 0 Å². The van der Waals surface area contributed by atoms with Gasteiger partial charge in [0, 0.05) is 6.42 Å². The molecule has 0 spiro atoms. The molecule has 0 aromatic heterocycles. The third kappa shape index (κ3) is 4.38. The van der Waals surface area contributed by atoms with E-state index in [-0.39, 0.29) is 17.3 Å². The molecule has 0 fully saturated rings. The highest BCUT2D eigenvalue weighted by atomic mass is 16.4. The first-order valence-electron chi connectivity index (χ1n) is 6.87. The van der Waals surface area contributed by atoms with Crippen LogP contribution in [0.4, 0.5) is 0 Å². The first-order valence-corrected chi connectivity index (χ1v) is 6.87. The number of carboxylic acids is 1. The van der Waals surface area contributed by atoms with Gasteiger partial charge in [0.2, 0.25) is 0 Å². The number of carboxylic acid groups (broad SMARTS) is 1. The Hall–Kier alpha value is -1.31. The Bertz CT molecular complexity index is 459. The first kappa shape index (κ1) is 15.7. The van der Waals surface area contributed by atoms with Crippen LogP contribution in [0.15, 0.2) is 18.2 Å². The average Bonchev–Trinajstić information content (AvgIpc) is 2.23. The van der Waals surface area contributed by atoms with E-state index in [0.29, 0.717) is 6.42 Å². The number of hydrogen-bond donors (Lipinski definition) is 1. The standard InChI is InChI=1S/C17H26O2/c1-16(2,3)13-9-7-12(8-10-15(18)19)14(11-13)17(4,5)6/h7,9,11H,8,10H2,1-6H3,(H,18,19). The maximum absolute atomic E-state index is 10.8. The van der Waals surface area contributed by atoms with Crippen molar-refractivity contribution in [1.82, 2.24) is 0 Å². The monoisotopic (exact) mass is 262 g/mol. The Kier molecular flexibility index (Phi) is 4.44. The second-order valence-electron chi connectivity index (χ2n) is 7.27. The van der Waals surface area contributed by atoms with Crippen molar-refractivity contribution in [2.45, 2.75) is 65.2 Å². The molecule has 0 amide bonds. The second kappa shape index (κ2) is 5.36. The molecule has 1 rings (SSSR count). The topological polar surface area (TPSA) is 37.3 Å². The number of aliphatic carboxylic acids is 1. The van der Waals surface area contributed by atoms with Crippen molar-refractivity contribution in [3.8, 4) is 0 Å². The van der Waals surface area contributed by atoms with E-state index < -0.39 is 5.97 Å². The van der Waals surface area contributed by atoms with E-state index >= 15 is 0 Å². The lowest BCUT2D eigenvalue weighted by Gasteiger charge is -2.27. The quantitative estimate of drug-likeness (QED) is 0.882. The third-order valence-electron chi connectivity index (χ3n) is 3.39. The van der Waals surface area contributed by atoms with E-state index in [0.717, 1.165) is 5.56 Å². The SMILES string of the molecule is CC(C)(C)c1ccc(CCC(=O)O)c(C(C)(C)C)c1. The Morgan fingerprint density at radius 1 is 1.05 bits per heavy atom. The fourth-order valence-corrected chi connectivity index (χ4v) is 2.20. The van der Waals surface area contributed by atoms with Crippen LogP contribution in [0.25, 0.3) is 0 Å². The fraction of sp³-hybridized carbons (Fsp3) is 0.588. The van der Waals surface area contributed by atoms with Crippen molar-refractivity contribution >= 4 is 5.97 Å². The van der Waals surface area contributed by atoms with Crippen LogP contribution in [0.2, 0.25) is 0 Å². The van der Waals surface area contributed by atoms with E-state index in [1.165, 1.54) is 11.1 Å². The van der Waals surface area contributed by atoms with Crippen molar-refractivity contribution in [1.29, 1.82) is 0 Å². The molecular weight excluding hydrogens is 236 g/mol. The third-order valence-corrected chi connectivity index (χ3v) is 3.39. The van der Waals surface area contributed by atoms with E-state index in [4.69, 9.17) is 5.11 Å². The summed E-state index contributed by atoms with van der Waals surface area (Å²) < 4.78 is 0. The number of carbonyl (C=O) groups is 1. The molecule has 0 aliphatic rings. The van der Waals surface area contributed by atoms with Gasteiger partial charge in [0.05, 0.1) is 0 Å². The zero-order chi connectivity index (χ0) is 14.8. The molecule has 1 aromatic rings. The minimum atomic E-state index is -0.736. The van der Waals surface area contributed by atoms with Crippen molar-refractivity contribution < 1.29 is 9.90 Å². The lowest BCUT2D eigenvalue weighted by molar-refractivity contribution is -0.136. The van der Waals surface area contributed by atoms with Crippen molar-refractivity contribution in [3.05, 3.63) is 34.9 Å². The van der Waals surface area contributed by atoms with Gasteiger partial charge in [-0.05, 0) is 33.9 Å². The molecule has 0 unspecified atom stereocenters. The summed E-state index contributed by atoms with van der Waals surface area (Å²) in [5.74, 6) is -0.736. The maximum Gasteiger partial charge on any atom is 0.303 e. The number of benzene rings is 1. The molecule has 106 valence electrons. The molecule has 0 heterocycles. The van der Waals surface area contributed by atoms with Gasteiger partial charge in [0.25, 0.3) is 0 Å². The normalized spacial score (nSPS) is 12.5. The summed E-state index contributed by atoms with van der Waals surface area (Å²) in [6.07, 6.45) is 0.796. The highest BCUT2D eigenvalue weighted by Gasteiger charge is 2.22. The molecule has 19 heavy (non-hydrogen) atoms. The Morgan fingerprint density at radius 2 is 1.63 bits per heavy atom. The fourth-order valence-electron chi connectivity index (χ4n) is 2.20. The van der Waals surface area contributed by atoms with Crippen molar-refractivity contribution in [3.63, 3.8) is 0 Å². The van der Waals surface area contributed by atoms with Crippen LogP contribution in [0.3, 0.4) is 0 Å². The predicted octanol–water partition coefficient (Wildman–Crippen LogP) is 4.30. The molecule has 0 bridgehead atoms.